The molecule has 1 heterocycles. The van der Waals surface area contributed by atoms with Crippen molar-refractivity contribution in [1.82, 2.24) is 4.98 Å². The number of carbonyl (C=O) groups excluding carboxylic acids is 2. The predicted octanol–water partition coefficient (Wildman–Crippen LogP) is 2.97. The molecule has 2 aromatic carbocycles. The fraction of sp³-hybridized carbons (Fsp3) is 0.118. The van der Waals surface area contributed by atoms with E-state index in [1.807, 2.05) is 24.3 Å². The minimum Gasteiger partial charge on any atom is -0.507 e. The second-order valence-corrected chi connectivity index (χ2v) is 5.93. The summed E-state index contributed by atoms with van der Waals surface area (Å²) in [5.41, 5.74) is 0.684. The van der Waals surface area contributed by atoms with Gasteiger partial charge in [-0.25, -0.2) is 4.98 Å². The predicted molar refractivity (Wildman–Crippen MR) is 91.4 cm³/mol. The minimum atomic E-state index is -0.461. The van der Waals surface area contributed by atoms with Crippen LogP contribution in [0.2, 0.25) is 0 Å². The summed E-state index contributed by atoms with van der Waals surface area (Å²) in [4.78, 5) is 27.8. The van der Waals surface area contributed by atoms with E-state index in [0.29, 0.717) is 10.8 Å². The number of aromatic nitrogens is 1. The first-order valence-corrected chi connectivity index (χ1v) is 7.99. The normalized spacial score (nSPS) is 10.5. The number of nitrogens with one attached hydrogen (secondary N) is 1. The van der Waals surface area contributed by atoms with E-state index < -0.39 is 11.9 Å². The molecule has 2 N–H and O–H groups in total. The van der Waals surface area contributed by atoms with Crippen molar-refractivity contribution in [3.8, 4) is 5.75 Å². The molecule has 0 bridgehead atoms. The molecule has 0 aliphatic carbocycles. The van der Waals surface area contributed by atoms with Crippen LogP contribution in [0.4, 0.5) is 5.13 Å². The first kappa shape index (κ1) is 15.9. The zero-order valence-electron chi connectivity index (χ0n) is 12.8. The van der Waals surface area contributed by atoms with Crippen molar-refractivity contribution in [3.63, 3.8) is 0 Å². The standard InChI is InChI=1S/C17H14N2O4S/c1-23-15(21)8-12-9-24-17(18-12)19-16(22)13-6-10-4-2-3-5-11(10)7-14(13)20/h2-7,9,20H,8H2,1H3,(H,18,19,22). The van der Waals surface area contributed by atoms with Gasteiger partial charge < -0.3 is 9.84 Å². The Morgan fingerprint density at radius 1 is 1.25 bits per heavy atom. The Labute approximate surface area is 141 Å². The average molecular weight is 342 g/mol. The van der Waals surface area contributed by atoms with Gasteiger partial charge in [-0.05, 0) is 22.9 Å². The van der Waals surface area contributed by atoms with Crippen molar-refractivity contribution in [3.05, 3.63) is 53.0 Å². The Morgan fingerprint density at radius 2 is 1.96 bits per heavy atom. The van der Waals surface area contributed by atoms with Crippen LogP contribution in [0.25, 0.3) is 10.8 Å². The SMILES string of the molecule is COC(=O)Cc1csc(NC(=O)c2cc3ccccc3cc2O)n1. The summed E-state index contributed by atoms with van der Waals surface area (Å²) in [6, 6.07) is 10.6. The molecule has 0 saturated carbocycles. The number of ether oxygens (including phenoxy) is 1. The topological polar surface area (TPSA) is 88.5 Å². The van der Waals surface area contributed by atoms with Crippen LogP contribution in [0.1, 0.15) is 16.1 Å². The number of hydrogen-bond donors (Lipinski definition) is 2. The van der Waals surface area contributed by atoms with Gasteiger partial charge in [0.2, 0.25) is 0 Å². The van der Waals surface area contributed by atoms with Gasteiger partial charge in [0.25, 0.3) is 5.91 Å². The molecule has 0 radical (unpaired) electrons. The van der Waals surface area contributed by atoms with Crippen LogP contribution in [0.5, 0.6) is 5.75 Å². The van der Waals surface area contributed by atoms with Crippen molar-refractivity contribution < 1.29 is 19.4 Å². The van der Waals surface area contributed by atoms with E-state index in [4.69, 9.17) is 0 Å². The zero-order chi connectivity index (χ0) is 17.1. The van der Waals surface area contributed by atoms with Crippen LogP contribution in [-0.2, 0) is 16.0 Å². The Hall–Kier alpha value is -2.93. The Balaban J connectivity index is 1.80. The summed E-state index contributed by atoms with van der Waals surface area (Å²) < 4.78 is 4.58. The quantitative estimate of drug-likeness (QED) is 0.712. The molecule has 122 valence electrons. The molecule has 0 aliphatic heterocycles. The van der Waals surface area contributed by atoms with Crippen molar-refractivity contribution >= 4 is 39.1 Å². The van der Waals surface area contributed by atoms with E-state index >= 15 is 0 Å². The Kier molecular flexibility index (Phi) is 4.43. The Bertz CT molecular complexity index is 920. The molecule has 3 aromatic rings. The van der Waals surface area contributed by atoms with Gasteiger partial charge in [0.05, 0.1) is 24.8 Å². The maximum absolute atomic E-state index is 12.4. The molecule has 0 aliphatic rings. The lowest BCUT2D eigenvalue weighted by molar-refractivity contribution is -0.139. The van der Waals surface area contributed by atoms with Crippen LogP contribution in [-0.4, -0.2) is 29.1 Å². The van der Waals surface area contributed by atoms with Crippen LogP contribution in [0.15, 0.2) is 41.8 Å². The van der Waals surface area contributed by atoms with E-state index in [1.54, 1.807) is 17.5 Å². The van der Waals surface area contributed by atoms with Crippen molar-refractivity contribution in [1.29, 1.82) is 0 Å². The molecule has 0 unspecified atom stereocenters. The fourth-order valence-corrected chi connectivity index (χ4v) is 2.95. The Morgan fingerprint density at radius 3 is 2.67 bits per heavy atom. The molecule has 1 aromatic heterocycles. The molecule has 0 spiro atoms. The van der Waals surface area contributed by atoms with E-state index in [9.17, 15) is 14.7 Å². The number of phenols is 1. The van der Waals surface area contributed by atoms with Crippen LogP contribution < -0.4 is 5.32 Å². The highest BCUT2D eigenvalue weighted by molar-refractivity contribution is 7.14. The lowest BCUT2D eigenvalue weighted by Gasteiger charge is -2.06. The molecule has 0 atom stereocenters. The van der Waals surface area contributed by atoms with Gasteiger partial charge >= 0.3 is 5.97 Å². The molecule has 3 rings (SSSR count). The van der Waals surface area contributed by atoms with Crippen molar-refractivity contribution in [2.45, 2.75) is 6.42 Å². The van der Waals surface area contributed by atoms with Crippen LogP contribution in [0, 0.1) is 0 Å². The fourth-order valence-electron chi connectivity index (χ4n) is 2.24. The molecule has 1 amide bonds. The van der Waals surface area contributed by atoms with Crippen LogP contribution in [0.3, 0.4) is 0 Å². The molecule has 24 heavy (non-hydrogen) atoms. The van der Waals surface area contributed by atoms with Crippen molar-refractivity contribution in [2.24, 2.45) is 0 Å². The molecular weight excluding hydrogens is 328 g/mol. The highest BCUT2D eigenvalue weighted by Gasteiger charge is 2.15. The van der Waals surface area contributed by atoms with Crippen LogP contribution >= 0.6 is 11.3 Å². The third-order valence-corrected chi connectivity index (χ3v) is 4.24. The van der Waals surface area contributed by atoms with E-state index in [1.165, 1.54) is 18.4 Å². The molecule has 0 fully saturated rings. The number of aromatic hydroxyl groups is 1. The average Bonchev–Trinajstić information content (AvgIpc) is 3.00. The van der Waals surface area contributed by atoms with Gasteiger partial charge in [-0.3, -0.25) is 14.9 Å². The lowest BCUT2D eigenvalue weighted by atomic mass is 10.1. The zero-order valence-corrected chi connectivity index (χ0v) is 13.6. The number of anilines is 1. The third kappa shape index (κ3) is 3.36. The number of fused-ring (bicyclic) bond motifs is 1. The highest BCUT2D eigenvalue weighted by atomic mass is 32.1. The molecule has 0 saturated heterocycles. The van der Waals surface area contributed by atoms with Gasteiger partial charge in [0, 0.05) is 5.38 Å². The number of phenolic OH excluding ortho intramolecular Hbond substituents is 1. The summed E-state index contributed by atoms with van der Waals surface area (Å²) in [6.45, 7) is 0. The van der Waals surface area contributed by atoms with Gasteiger partial charge in [-0.1, -0.05) is 24.3 Å². The van der Waals surface area contributed by atoms with Crippen molar-refractivity contribution in [2.75, 3.05) is 12.4 Å². The second kappa shape index (κ2) is 6.67. The summed E-state index contributed by atoms with van der Waals surface area (Å²) in [6.07, 6.45) is 0.0457. The largest absolute Gasteiger partial charge is 0.507 e. The maximum atomic E-state index is 12.4. The summed E-state index contributed by atoms with van der Waals surface area (Å²) >= 11 is 1.20. The molecule has 7 heteroatoms. The number of methoxy groups -OCH3 is 1. The van der Waals surface area contributed by atoms with Gasteiger partial charge in [0.1, 0.15) is 5.75 Å². The number of nitrogens with zero attached hydrogens (tertiary/aromatic N) is 1. The molecule has 6 nitrogen and oxygen atoms in total. The lowest BCUT2D eigenvalue weighted by Crippen LogP contribution is -2.12. The third-order valence-electron chi connectivity index (χ3n) is 3.43. The number of hydrogen-bond acceptors (Lipinski definition) is 6. The maximum Gasteiger partial charge on any atom is 0.311 e. The highest BCUT2D eigenvalue weighted by Crippen LogP contribution is 2.26. The second-order valence-electron chi connectivity index (χ2n) is 5.07. The number of benzene rings is 2. The van der Waals surface area contributed by atoms with Gasteiger partial charge in [0.15, 0.2) is 5.13 Å². The number of carbonyl (C=O) groups is 2. The van der Waals surface area contributed by atoms with E-state index in [-0.39, 0.29) is 17.7 Å². The number of rotatable bonds is 4. The monoisotopic (exact) mass is 342 g/mol. The first-order valence-electron chi connectivity index (χ1n) is 7.11. The van der Waals surface area contributed by atoms with E-state index in [0.717, 1.165) is 10.8 Å². The first-order chi connectivity index (χ1) is 11.6. The summed E-state index contributed by atoms with van der Waals surface area (Å²) in [5.74, 6) is -0.958. The smallest absolute Gasteiger partial charge is 0.311 e. The minimum absolute atomic E-state index is 0.0457. The molecular formula is C17H14N2O4S. The summed E-state index contributed by atoms with van der Waals surface area (Å²) in [7, 11) is 1.31. The number of esters is 1. The van der Waals surface area contributed by atoms with E-state index in [2.05, 4.69) is 15.0 Å². The van der Waals surface area contributed by atoms with Gasteiger partial charge in [-0.15, -0.1) is 11.3 Å². The number of thiazole rings is 1. The summed E-state index contributed by atoms with van der Waals surface area (Å²) in [5, 5.41) is 16.4. The number of amides is 1. The van der Waals surface area contributed by atoms with Gasteiger partial charge in [-0.2, -0.15) is 0 Å².